The molecule has 0 saturated carbocycles. The molecule has 0 aliphatic carbocycles. The summed E-state index contributed by atoms with van der Waals surface area (Å²) in [5, 5.41) is 6.45. The monoisotopic (exact) mass is 283 g/mol. The smallest absolute Gasteiger partial charge is 0.251 e. The van der Waals surface area contributed by atoms with Crippen LogP contribution in [0.4, 0.5) is 0 Å². The van der Waals surface area contributed by atoms with E-state index in [2.05, 4.69) is 15.8 Å². The van der Waals surface area contributed by atoms with Gasteiger partial charge in [-0.25, -0.2) is 0 Å². The number of carbonyl (C=O) groups excluding carboxylic acids is 1. The van der Waals surface area contributed by atoms with Gasteiger partial charge in [0.2, 0.25) is 0 Å². The fraction of sp³-hybridized carbons (Fsp3) is 0.429. The van der Waals surface area contributed by atoms with Crippen LogP contribution in [0.25, 0.3) is 0 Å². The van der Waals surface area contributed by atoms with Crippen LogP contribution < -0.4 is 10.7 Å². The number of benzene rings is 1. The molecule has 19 heavy (non-hydrogen) atoms. The lowest BCUT2D eigenvalue weighted by atomic mass is 10.0. The molecule has 1 aliphatic heterocycles. The van der Waals surface area contributed by atoms with Crippen LogP contribution in [0.5, 0.6) is 0 Å². The summed E-state index contributed by atoms with van der Waals surface area (Å²) < 4.78 is 0. The average Bonchev–Trinajstić information content (AvgIpc) is 2.50. The van der Waals surface area contributed by atoms with Crippen LogP contribution in [0.2, 0.25) is 0 Å². The van der Waals surface area contributed by atoms with Crippen molar-refractivity contribution in [3.05, 3.63) is 34.9 Å². The van der Waals surface area contributed by atoms with Gasteiger partial charge in [-0.1, -0.05) is 45.4 Å². The number of amides is 1. The summed E-state index contributed by atoms with van der Waals surface area (Å²) in [6, 6.07) is 5.34. The van der Waals surface area contributed by atoms with Crippen LogP contribution in [0.1, 0.15) is 54.7 Å². The van der Waals surface area contributed by atoms with E-state index in [1.807, 2.05) is 33.8 Å². The molecule has 1 amide bonds. The van der Waals surface area contributed by atoms with E-state index in [0.717, 1.165) is 11.1 Å². The van der Waals surface area contributed by atoms with Gasteiger partial charge in [0, 0.05) is 18.2 Å². The number of rotatable bonds is 1. The van der Waals surface area contributed by atoms with Crippen molar-refractivity contribution in [2.45, 2.75) is 33.2 Å². The third-order valence-corrected chi connectivity index (χ3v) is 2.57. The van der Waals surface area contributed by atoms with Gasteiger partial charge in [-0.3, -0.25) is 10.2 Å². The molecule has 0 bridgehead atoms. The molecule has 1 unspecified atom stereocenters. The van der Waals surface area contributed by atoms with Crippen molar-refractivity contribution in [3.8, 4) is 0 Å². The predicted octanol–water partition coefficient (Wildman–Crippen LogP) is 3.27. The van der Waals surface area contributed by atoms with Crippen LogP contribution in [0.15, 0.2) is 23.3 Å². The topological polar surface area (TPSA) is 53.5 Å². The molecule has 0 saturated heterocycles. The zero-order valence-corrected chi connectivity index (χ0v) is 12.9. The molecule has 1 atom stereocenters. The average molecular weight is 284 g/mol. The molecular formula is C14H22ClN3O. The molecule has 2 N–H and O–H groups in total. The summed E-state index contributed by atoms with van der Waals surface area (Å²) in [7, 11) is 1.60. The van der Waals surface area contributed by atoms with Crippen LogP contribution >= 0.6 is 11.6 Å². The first kappa shape index (κ1) is 17.4. The quantitative estimate of drug-likeness (QED) is 0.614. The Balaban J connectivity index is 0.000000741. The van der Waals surface area contributed by atoms with Gasteiger partial charge in [0.25, 0.3) is 5.91 Å². The molecule has 0 fully saturated rings. The number of alkyl halides is 1. The highest BCUT2D eigenvalue weighted by Crippen LogP contribution is 2.24. The molecule has 4 nitrogen and oxygen atoms in total. The van der Waals surface area contributed by atoms with Crippen molar-refractivity contribution >= 4 is 23.7 Å². The minimum absolute atomic E-state index is 0.115. The van der Waals surface area contributed by atoms with E-state index in [0.29, 0.717) is 5.56 Å². The van der Waals surface area contributed by atoms with Crippen molar-refractivity contribution in [2.75, 3.05) is 7.05 Å². The van der Waals surface area contributed by atoms with Gasteiger partial charge in [-0.15, -0.1) is 0 Å². The Kier molecular flexibility index (Phi) is 8.62. The number of fused-ring (bicyclic) bond motifs is 1. The SMILES string of the molecule is CC.CC.CNC(=O)c1ccc2c(c1)C=NNC2Cl. The lowest BCUT2D eigenvalue weighted by Gasteiger charge is -2.17. The zero-order chi connectivity index (χ0) is 14.8. The minimum Gasteiger partial charge on any atom is -0.355 e. The molecule has 2 rings (SSSR count). The second-order valence-corrected chi connectivity index (χ2v) is 3.61. The fourth-order valence-corrected chi connectivity index (χ4v) is 1.70. The first-order valence-electron chi connectivity index (χ1n) is 6.51. The lowest BCUT2D eigenvalue weighted by Crippen LogP contribution is -2.20. The van der Waals surface area contributed by atoms with Crippen molar-refractivity contribution < 1.29 is 4.79 Å². The predicted molar refractivity (Wildman–Crippen MR) is 81.9 cm³/mol. The minimum atomic E-state index is -0.330. The summed E-state index contributed by atoms with van der Waals surface area (Å²) in [4.78, 5) is 11.4. The summed E-state index contributed by atoms with van der Waals surface area (Å²) in [6.45, 7) is 8.00. The van der Waals surface area contributed by atoms with Crippen molar-refractivity contribution in [1.82, 2.24) is 10.7 Å². The van der Waals surface area contributed by atoms with Gasteiger partial charge in [-0.05, 0) is 17.7 Å². The number of nitrogens with one attached hydrogen (secondary N) is 2. The van der Waals surface area contributed by atoms with E-state index in [9.17, 15) is 4.79 Å². The van der Waals surface area contributed by atoms with Crippen LogP contribution in [-0.2, 0) is 0 Å². The number of nitrogens with zero attached hydrogens (tertiary/aromatic N) is 1. The fourth-order valence-electron chi connectivity index (χ4n) is 1.44. The molecule has 1 heterocycles. The molecular weight excluding hydrogens is 262 g/mol. The van der Waals surface area contributed by atoms with E-state index in [1.54, 1.807) is 25.4 Å². The Hall–Kier alpha value is -1.55. The second kappa shape index (κ2) is 9.39. The Labute approximate surface area is 120 Å². The van der Waals surface area contributed by atoms with Gasteiger partial charge in [0.1, 0.15) is 5.50 Å². The molecule has 106 valence electrons. The Morgan fingerprint density at radius 2 is 1.95 bits per heavy atom. The molecule has 1 aromatic rings. The largest absolute Gasteiger partial charge is 0.355 e. The van der Waals surface area contributed by atoms with Crippen LogP contribution in [0, 0.1) is 0 Å². The highest BCUT2D eigenvalue weighted by molar-refractivity contribution is 6.21. The van der Waals surface area contributed by atoms with Gasteiger partial charge in [0.15, 0.2) is 0 Å². The number of carbonyl (C=O) groups is 1. The molecule has 1 aromatic carbocycles. The van der Waals surface area contributed by atoms with Crippen molar-refractivity contribution in [3.63, 3.8) is 0 Å². The van der Waals surface area contributed by atoms with Gasteiger partial charge >= 0.3 is 0 Å². The zero-order valence-electron chi connectivity index (χ0n) is 12.1. The van der Waals surface area contributed by atoms with Gasteiger partial charge in [-0.2, -0.15) is 5.10 Å². The number of hydrazone groups is 1. The van der Waals surface area contributed by atoms with Crippen molar-refractivity contribution in [2.24, 2.45) is 5.10 Å². The molecule has 5 heteroatoms. The third kappa shape index (κ3) is 4.56. The van der Waals surface area contributed by atoms with E-state index in [-0.39, 0.29) is 11.4 Å². The lowest BCUT2D eigenvalue weighted by molar-refractivity contribution is 0.0963. The first-order valence-corrected chi connectivity index (χ1v) is 6.94. The van der Waals surface area contributed by atoms with Crippen LogP contribution in [-0.4, -0.2) is 19.2 Å². The Morgan fingerprint density at radius 1 is 1.32 bits per heavy atom. The Morgan fingerprint density at radius 3 is 2.53 bits per heavy atom. The highest BCUT2D eigenvalue weighted by atomic mass is 35.5. The highest BCUT2D eigenvalue weighted by Gasteiger charge is 2.16. The maximum atomic E-state index is 11.4. The maximum absolute atomic E-state index is 11.4. The number of hydrogen-bond acceptors (Lipinski definition) is 3. The van der Waals surface area contributed by atoms with Crippen molar-refractivity contribution in [1.29, 1.82) is 0 Å². The normalized spacial score (nSPS) is 14.7. The summed E-state index contributed by atoms with van der Waals surface area (Å²) in [6.07, 6.45) is 1.65. The molecule has 0 spiro atoms. The van der Waals surface area contributed by atoms with Gasteiger partial charge in [0.05, 0.1) is 6.21 Å². The second-order valence-electron chi connectivity index (χ2n) is 3.17. The van der Waals surface area contributed by atoms with Gasteiger partial charge < -0.3 is 5.32 Å². The number of halogens is 1. The Bertz CT molecular complexity index is 433. The molecule has 0 radical (unpaired) electrons. The summed E-state index contributed by atoms with van der Waals surface area (Å²) in [5.74, 6) is -0.115. The third-order valence-electron chi connectivity index (χ3n) is 2.24. The summed E-state index contributed by atoms with van der Waals surface area (Å²) >= 11 is 5.99. The molecule has 1 aliphatic rings. The number of hydrogen-bond donors (Lipinski definition) is 2. The maximum Gasteiger partial charge on any atom is 0.251 e. The summed E-state index contributed by atoms with van der Waals surface area (Å²) in [5.41, 5.74) is 4.81. The first-order chi connectivity index (χ1) is 9.22. The van der Waals surface area contributed by atoms with E-state index >= 15 is 0 Å². The molecule has 0 aromatic heterocycles. The van der Waals surface area contributed by atoms with E-state index < -0.39 is 0 Å². The van der Waals surface area contributed by atoms with E-state index in [4.69, 9.17) is 11.6 Å². The standard InChI is InChI=1S/C10H10ClN3O.2C2H6/c1-12-10(15)6-2-3-8-7(4-6)5-13-14-9(8)11;2*1-2/h2-5,9,14H,1H3,(H,12,15);2*1-2H3. The van der Waals surface area contributed by atoms with Crippen LogP contribution in [0.3, 0.4) is 0 Å². The van der Waals surface area contributed by atoms with E-state index in [1.165, 1.54) is 0 Å².